The lowest BCUT2D eigenvalue weighted by Crippen LogP contribution is -2.38. The van der Waals surface area contributed by atoms with Gasteiger partial charge >= 0.3 is 5.69 Å². The molecule has 34 heavy (non-hydrogen) atoms. The highest BCUT2D eigenvalue weighted by molar-refractivity contribution is 7.99. The van der Waals surface area contributed by atoms with Crippen molar-refractivity contribution in [2.45, 2.75) is 19.0 Å². The largest absolute Gasteiger partial charge is 0.332 e. The molecule has 0 aliphatic carbocycles. The summed E-state index contributed by atoms with van der Waals surface area (Å²) in [6.45, 7) is 3.90. The van der Waals surface area contributed by atoms with Crippen LogP contribution >= 0.6 is 11.8 Å². The first-order valence-electron chi connectivity index (χ1n) is 10.5. The number of aryl methyl sites for hydroxylation is 2. The average Bonchev–Trinajstić information content (AvgIpc) is 2.79. The number of para-hydroxylation sites is 1. The minimum atomic E-state index is -0.546. The Bertz CT molecular complexity index is 1600. The lowest BCUT2D eigenvalue weighted by Gasteiger charge is -2.15. The Balaban J connectivity index is 1.71. The Morgan fingerprint density at radius 3 is 2.35 bits per heavy atom. The third-order valence-electron chi connectivity index (χ3n) is 5.34. The summed E-state index contributed by atoms with van der Waals surface area (Å²) in [6, 6.07) is 14.0. The van der Waals surface area contributed by atoms with E-state index in [0.29, 0.717) is 21.7 Å². The fourth-order valence-corrected chi connectivity index (χ4v) is 4.49. The molecule has 2 heterocycles. The SMILES string of the molecule is Cc1cc(C)cc(-n2c(SCC(=O)Nc3cc(=O)n(C)c(=O)n3C)nc3ccccc3c2=O)c1. The van der Waals surface area contributed by atoms with Crippen LogP contribution in [0.4, 0.5) is 5.82 Å². The van der Waals surface area contributed by atoms with Gasteiger partial charge in [-0.2, -0.15) is 0 Å². The van der Waals surface area contributed by atoms with Crippen molar-refractivity contribution >= 4 is 34.4 Å². The summed E-state index contributed by atoms with van der Waals surface area (Å²) in [6.07, 6.45) is 0. The number of aromatic nitrogens is 4. The van der Waals surface area contributed by atoms with Crippen molar-refractivity contribution in [2.75, 3.05) is 11.1 Å². The molecule has 2 aromatic heterocycles. The van der Waals surface area contributed by atoms with Gasteiger partial charge in [-0.1, -0.05) is 30.0 Å². The summed E-state index contributed by atoms with van der Waals surface area (Å²) in [7, 11) is 2.83. The number of amides is 1. The zero-order valence-corrected chi connectivity index (χ0v) is 20.0. The standard InChI is InChI=1S/C24H23N5O4S/c1-14-9-15(2)11-16(10-14)29-22(32)17-7-5-6-8-18(17)25-23(29)34-13-20(30)26-19-12-21(31)28(4)24(33)27(19)3/h5-12H,13H2,1-4H3,(H,26,30). The quantitative estimate of drug-likeness (QED) is 0.349. The molecule has 0 fully saturated rings. The van der Waals surface area contributed by atoms with Gasteiger partial charge in [0.1, 0.15) is 5.82 Å². The van der Waals surface area contributed by atoms with Crippen LogP contribution in [-0.2, 0) is 18.9 Å². The molecule has 0 saturated heterocycles. The van der Waals surface area contributed by atoms with Crippen molar-refractivity contribution in [3.8, 4) is 5.69 Å². The Labute approximate surface area is 198 Å². The van der Waals surface area contributed by atoms with Crippen molar-refractivity contribution in [1.29, 1.82) is 0 Å². The van der Waals surface area contributed by atoms with Crippen LogP contribution in [0.2, 0.25) is 0 Å². The van der Waals surface area contributed by atoms with Gasteiger partial charge < -0.3 is 5.32 Å². The molecular weight excluding hydrogens is 454 g/mol. The van der Waals surface area contributed by atoms with Crippen molar-refractivity contribution in [1.82, 2.24) is 18.7 Å². The van der Waals surface area contributed by atoms with Gasteiger partial charge in [0.05, 0.1) is 22.3 Å². The number of hydrogen-bond acceptors (Lipinski definition) is 6. The first-order chi connectivity index (χ1) is 16.2. The highest BCUT2D eigenvalue weighted by Crippen LogP contribution is 2.23. The van der Waals surface area contributed by atoms with E-state index in [2.05, 4.69) is 10.3 Å². The van der Waals surface area contributed by atoms with Crippen LogP contribution in [0.25, 0.3) is 16.6 Å². The van der Waals surface area contributed by atoms with E-state index < -0.39 is 17.2 Å². The smallest absolute Gasteiger partial charge is 0.311 e. The zero-order chi connectivity index (χ0) is 24.6. The Hall–Kier alpha value is -3.92. The lowest BCUT2D eigenvalue weighted by atomic mass is 10.1. The summed E-state index contributed by atoms with van der Waals surface area (Å²) >= 11 is 1.10. The number of hydrogen-bond donors (Lipinski definition) is 1. The highest BCUT2D eigenvalue weighted by atomic mass is 32.2. The molecule has 9 nitrogen and oxygen atoms in total. The summed E-state index contributed by atoms with van der Waals surface area (Å²) in [5.41, 5.74) is 1.89. The summed E-state index contributed by atoms with van der Waals surface area (Å²) in [5, 5.41) is 3.43. The topological polar surface area (TPSA) is 108 Å². The minimum absolute atomic E-state index is 0.0843. The molecule has 0 bridgehead atoms. The van der Waals surface area contributed by atoms with Crippen LogP contribution in [0.1, 0.15) is 11.1 Å². The van der Waals surface area contributed by atoms with Crippen LogP contribution in [0, 0.1) is 13.8 Å². The number of nitrogens with zero attached hydrogens (tertiary/aromatic N) is 4. The summed E-state index contributed by atoms with van der Waals surface area (Å²) < 4.78 is 3.64. The van der Waals surface area contributed by atoms with E-state index in [1.165, 1.54) is 29.3 Å². The third-order valence-corrected chi connectivity index (χ3v) is 6.27. The van der Waals surface area contributed by atoms with Gasteiger partial charge in [0.25, 0.3) is 11.1 Å². The van der Waals surface area contributed by atoms with E-state index in [0.717, 1.165) is 27.5 Å². The van der Waals surface area contributed by atoms with E-state index in [1.807, 2.05) is 32.0 Å². The first kappa shape index (κ1) is 23.2. The van der Waals surface area contributed by atoms with Gasteiger partial charge in [-0.15, -0.1) is 0 Å². The predicted molar refractivity (Wildman–Crippen MR) is 133 cm³/mol. The number of benzene rings is 2. The molecule has 0 unspecified atom stereocenters. The third kappa shape index (κ3) is 4.44. The van der Waals surface area contributed by atoms with Gasteiger partial charge in [-0.3, -0.25) is 28.1 Å². The van der Waals surface area contributed by atoms with E-state index >= 15 is 0 Å². The molecule has 4 aromatic rings. The molecule has 0 aliphatic heterocycles. The van der Waals surface area contributed by atoms with E-state index in [1.54, 1.807) is 24.3 Å². The van der Waals surface area contributed by atoms with Gasteiger partial charge in [-0.25, -0.2) is 9.78 Å². The molecule has 1 amide bonds. The van der Waals surface area contributed by atoms with Crippen LogP contribution in [0.3, 0.4) is 0 Å². The summed E-state index contributed by atoms with van der Waals surface area (Å²) in [4.78, 5) is 54.8. The first-order valence-corrected chi connectivity index (χ1v) is 11.4. The maximum atomic E-state index is 13.4. The molecule has 4 rings (SSSR count). The monoisotopic (exact) mass is 477 g/mol. The number of thioether (sulfide) groups is 1. The second-order valence-corrected chi connectivity index (χ2v) is 8.95. The normalized spacial score (nSPS) is 11.1. The maximum absolute atomic E-state index is 13.4. The number of nitrogens with one attached hydrogen (secondary N) is 1. The zero-order valence-electron chi connectivity index (χ0n) is 19.2. The van der Waals surface area contributed by atoms with Gasteiger partial charge in [0, 0.05) is 20.2 Å². The van der Waals surface area contributed by atoms with Crippen LogP contribution < -0.4 is 22.1 Å². The van der Waals surface area contributed by atoms with Crippen molar-refractivity contribution in [3.63, 3.8) is 0 Å². The lowest BCUT2D eigenvalue weighted by molar-refractivity contribution is -0.113. The minimum Gasteiger partial charge on any atom is -0.311 e. The van der Waals surface area contributed by atoms with Gasteiger partial charge in [-0.05, 0) is 49.2 Å². The fourth-order valence-electron chi connectivity index (χ4n) is 3.68. The number of anilines is 1. The van der Waals surface area contributed by atoms with Crippen LogP contribution in [0.15, 0.2) is 68.1 Å². The molecule has 10 heteroatoms. The average molecular weight is 478 g/mol. The van der Waals surface area contributed by atoms with Crippen LogP contribution in [0.5, 0.6) is 0 Å². The van der Waals surface area contributed by atoms with Crippen LogP contribution in [-0.4, -0.2) is 30.3 Å². The number of rotatable bonds is 5. The van der Waals surface area contributed by atoms with E-state index in [-0.39, 0.29) is 17.1 Å². The molecule has 0 aliphatic rings. The predicted octanol–water partition coefficient (Wildman–Crippen LogP) is 2.13. The van der Waals surface area contributed by atoms with Gasteiger partial charge in [0.15, 0.2) is 5.16 Å². The fraction of sp³-hybridized carbons (Fsp3) is 0.208. The Morgan fingerprint density at radius 2 is 1.65 bits per heavy atom. The molecule has 0 saturated carbocycles. The maximum Gasteiger partial charge on any atom is 0.332 e. The second kappa shape index (κ2) is 9.14. The van der Waals surface area contributed by atoms with Crippen molar-refractivity contribution in [2.24, 2.45) is 14.1 Å². The van der Waals surface area contributed by atoms with E-state index in [9.17, 15) is 19.2 Å². The molecule has 0 atom stereocenters. The second-order valence-electron chi connectivity index (χ2n) is 8.00. The molecule has 174 valence electrons. The molecule has 1 N–H and O–H groups in total. The molecule has 0 radical (unpaired) electrons. The molecule has 0 spiro atoms. The number of fused-ring (bicyclic) bond motifs is 1. The Kier molecular flexibility index (Phi) is 6.25. The highest BCUT2D eigenvalue weighted by Gasteiger charge is 2.16. The van der Waals surface area contributed by atoms with E-state index in [4.69, 9.17) is 0 Å². The van der Waals surface area contributed by atoms with Crippen molar-refractivity contribution < 1.29 is 4.79 Å². The molecule has 2 aromatic carbocycles. The Morgan fingerprint density at radius 1 is 0.971 bits per heavy atom. The summed E-state index contributed by atoms with van der Waals surface area (Å²) in [5.74, 6) is -0.432. The molecular formula is C24H23N5O4S. The number of carbonyl (C=O) groups excluding carboxylic acids is 1. The van der Waals surface area contributed by atoms with Gasteiger partial charge in [0.2, 0.25) is 5.91 Å². The van der Waals surface area contributed by atoms with Crippen molar-refractivity contribution in [3.05, 3.63) is 90.8 Å². The number of carbonyl (C=O) groups is 1.